The summed E-state index contributed by atoms with van der Waals surface area (Å²) >= 11 is 0. The van der Waals surface area contributed by atoms with Gasteiger partial charge >= 0.3 is 12.1 Å². The van der Waals surface area contributed by atoms with Crippen LogP contribution in [0.1, 0.15) is 27.2 Å². The molecule has 0 radical (unpaired) electrons. The number of methoxy groups -OCH3 is 1. The lowest BCUT2D eigenvalue weighted by atomic mass is 9.94. The molecule has 0 aromatic carbocycles. The van der Waals surface area contributed by atoms with E-state index in [0.717, 1.165) is 0 Å². The number of carbonyl (C=O) groups excluding carboxylic acids is 2. The molecule has 1 fully saturated rings. The molecule has 0 aliphatic carbocycles. The van der Waals surface area contributed by atoms with E-state index in [1.165, 1.54) is 7.11 Å². The third-order valence-electron chi connectivity index (χ3n) is 3.25. The van der Waals surface area contributed by atoms with E-state index in [9.17, 15) is 9.59 Å². The van der Waals surface area contributed by atoms with E-state index in [4.69, 9.17) is 14.2 Å². The van der Waals surface area contributed by atoms with Gasteiger partial charge in [-0.25, -0.2) is 9.59 Å². The Morgan fingerprint density at radius 2 is 2.05 bits per heavy atom. The highest BCUT2D eigenvalue weighted by Crippen LogP contribution is 2.29. The third kappa shape index (κ3) is 3.12. The van der Waals surface area contributed by atoms with Crippen LogP contribution in [0.2, 0.25) is 0 Å². The molecule has 112 valence electrons. The molecule has 2 atom stereocenters. The molecule has 6 heteroatoms. The van der Waals surface area contributed by atoms with Crippen molar-refractivity contribution in [1.82, 2.24) is 4.90 Å². The van der Waals surface area contributed by atoms with E-state index >= 15 is 0 Å². The Labute approximate surface area is 118 Å². The highest BCUT2D eigenvalue weighted by atomic mass is 16.6. The Bertz CT molecular complexity index is 437. The molecule has 0 aromatic rings. The number of rotatable bonds is 1. The van der Waals surface area contributed by atoms with Crippen molar-refractivity contribution in [2.75, 3.05) is 20.3 Å². The van der Waals surface area contributed by atoms with Gasteiger partial charge in [-0.05, 0) is 26.8 Å². The normalized spacial score (nSPS) is 25.8. The smallest absolute Gasteiger partial charge is 0.411 e. The topological polar surface area (TPSA) is 65.1 Å². The summed E-state index contributed by atoms with van der Waals surface area (Å²) in [6.45, 7) is 6.27. The Balaban J connectivity index is 2.18. The Hall–Kier alpha value is -1.56. The first-order valence-electron chi connectivity index (χ1n) is 6.70. The minimum absolute atomic E-state index is 0.178. The zero-order valence-electron chi connectivity index (χ0n) is 12.3. The Kier molecular flexibility index (Phi) is 4.04. The monoisotopic (exact) mass is 283 g/mol. The summed E-state index contributed by atoms with van der Waals surface area (Å²) in [5, 5.41) is 0. The maximum absolute atomic E-state index is 12.3. The maximum atomic E-state index is 12.3. The number of morpholine rings is 1. The number of amides is 1. The number of hydrogen-bond donors (Lipinski definition) is 0. The van der Waals surface area contributed by atoms with Gasteiger partial charge in [0.2, 0.25) is 0 Å². The fraction of sp³-hybridized carbons (Fsp3) is 0.714. The van der Waals surface area contributed by atoms with Gasteiger partial charge in [-0.3, -0.25) is 4.90 Å². The van der Waals surface area contributed by atoms with Crippen molar-refractivity contribution < 1.29 is 23.8 Å². The van der Waals surface area contributed by atoms with Gasteiger partial charge in [0.25, 0.3) is 0 Å². The Morgan fingerprint density at radius 3 is 2.60 bits per heavy atom. The first kappa shape index (κ1) is 14.8. The first-order chi connectivity index (χ1) is 9.31. The summed E-state index contributed by atoms with van der Waals surface area (Å²) in [6, 6.07) is -0.450. The molecular weight excluding hydrogens is 262 g/mol. The molecule has 2 heterocycles. The van der Waals surface area contributed by atoms with Gasteiger partial charge in [-0.2, -0.15) is 0 Å². The van der Waals surface area contributed by atoms with Gasteiger partial charge in [-0.15, -0.1) is 0 Å². The van der Waals surface area contributed by atoms with Gasteiger partial charge in [-0.1, -0.05) is 0 Å². The molecule has 20 heavy (non-hydrogen) atoms. The number of carbonyl (C=O) groups is 2. The van der Waals surface area contributed by atoms with Crippen molar-refractivity contribution in [3.63, 3.8) is 0 Å². The lowest BCUT2D eigenvalue weighted by Crippen LogP contribution is -2.57. The number of hydrogen-bond acceptors (Lipinski definition) is 5. The zero-order valence-corrected chi connectivity index (χ0v) is 12.3. The second-order valence-corrected chi connectivity index (χ2v) is 6.03. The molecule has 2 aliphatic heterocycles. The lowest BCUT2D eigenvalue weighted by Gasteiger charge is -2.44. The van der Waals surface area contributed by atoms with Crippen LogP contribution in [0.3, 0.4) is 0 Å². The maximum Gasteiger partial charge on any atom is 0.411 e. The van der Waals surface area contributed by atoms with Gasteiger partial charge in [0.05, 0.1) is 32.4 Å². The second-order valence-electron chi connectivity index (χ2n) is 6.03. The summed E-state index contributed by atoms with van der Waals surface area (Å²) in [5.74, 6) is -0.342. The van der Waals surface area contributed by atoms with E-state index in [1.807, 2.05) is 20.8 Å². The first-order valence-corrected chi connectivity index (χ1v) is 6.70. The van der Waals surface area contributed by atoms with Crippen LogP contribution in [0.5, 0.6) is 0 Å². The van der Waals surface area contributed by atoms with Crippen molar-refractivity contribution in [2.45, 2.75) is 44.9 Å². The van der Waals surface area contributed by atoms with Gasteiger partial charge < -0.3 is 14.2 Å². The minimum atomic E-state index is -0.543. The predicted molar refractivity (Wildman–Crippen MR) is 71.2 cm³/mol. The summed E-state index contributed by atoms with van der Waals surface area (Å²) in [5.41, 5.74) is 0.0593. The molecule has 2 aliphatic rings. The number of fused-ring (bicyclic) bond motifs is 2. The number of esters is 1. The van der Waals surface area contributed by atoms with Crippen LogP contribution >= 0.6 is 0 Å². The zero-order chi connectivity index (χ0) is 14.9. The summed E-state index contributed by atoms with van der Waals surface area (Å²) < 4.78 is 15.6. The van der Waals surface area contributed by atoms with Crippen molar-refractivity contribution >= 4 is 12.1 Å². The molecular formula is C14H21NO5. The summed E-state index contributed by atoms with van der Waals surface area (Å²) in [4.78, 5) is 25.6. The molecule has 2 rings (SSSR count). The van der Waals surface area contributed by atoms with E-state index in [1.54, 1.807) is 11.0 Å². The van der Waals surface area contributed by atoms with Crippen LogP contribution in [-0.2, 0) is 19.0 Å². The average molecular weight is 283 g/mol. The van der Waals surface area contributed by atoms with E-state index in [2.05, 4.69) is 0 Å². The average Bonchev–Trinajstić information content (AvgIpc) is 2.34. The van der Waals surface area contributed by atoms with Gasteiger partial charge in [0, 0.05) is 12.0 Å². The third-order valence-corrected chi connectivity index (χ3v) is 3.25. The SMILES string of the molecule is COC(=O)C1=C[C@H]2COC[C@@H](C1)N2C(=O)OC(C)(C)C. The fourth-order valence-corrected chi connectivity index (χ4v) is 2.48. The summed E-state index contributed by atoms with van der Waals surface area (Å²) in [7, 11) is 1.36. The minimum Gasteiger partial charge on any atom is -0.466 e. The van der Waals surface area contributed by atoms with E-state index in [-0.39, 0.29) is 24.1 Å². The molecule has 0 unspecified atom stereocenters. The van der Waals surface area contributed by atoms with E-state index in [0.29, 0.717) is 25.2 Å². The number of ether oxygens (including phenoxy) is 3. The molecule has 1 amide bonds. The Morgan fingerprint density at radius 1 is 1.35 bits per heavy atom. The van der Waals surface area contributed by atoms with Gasteiger partial charge in [0.1, 0.15) is 5.60 Å². The molecule has 0 saturated carbocycles. The highest BCUT2D eigenvalue weighted by Gasteiger charge is 2.41. The van der Waals surface area contributed by atoms with Crippen LogP contribution in [0.15, 0.2) is 11.6 Å². The van der Waals surface area contributed by atoms with Crippen LogP contribution < -0.4 is 0 Å². The van der Waals surface area contributed by atoms with Crippen LogP contribution in [-0.4, -0.2) is 55.0 Å². The van der Waals surface area contributed by atoms with Gasteiger partial charge in [0.15, 0.2) is 0 Å². The molecule has 2 bridgehead atoms. The molecule has 1 saturated heterocycles. The molecule has 6 nitrogen and oxygen atoms in total. The number of nitrogens with zero attached hydrogens (tertiary/aromatic N) is 1. The largest absolute Gasteiger partial charge is 0.466 e. The van der Waals surface area contributed by atoms with Crippen LogP contribution in [0, 0.1) is 0 Å². The molecule has 0 aromatic heterocycles. The lowest BCUT2D eigenvalue weighted by molar-refractivity contribution is -0.137. The molecule has 0 spiro atoms. The van der Waals surface area contributed by atoms with Crippen LogP contribution in [0.25, 0.3) is 0 Å². The van der Waals surface area contributed by atoms with Crippen molar-refractivity contribution in [3.05, 3.63) is 11.6 Å². The fourth-order valence-electron chi connectivity index (χ4n) is 2.48. The highest BCUT2D eigenvalue weighted by molar-refractivity contribution is 5.89. The standard InChI is InChI=1S/C14H21NO5/c1-14(2,3)20-13(17)15-10-5-9(12(16)18-4)6-11(15)8-19-7-10/h5,10-11H,6-8H2,1-4H3/t10-,11+/m0/s1. The summed E-state index contributed by atoms with van der Waals surface area (Å²) in [6.07, 6.45) is 1.81. The predicted octanol–water partition coefficient (Wildman–Crippen LogP) is 1.49. The van der Waals surface area contributed by atoms with E-state index < -0.39 is 5.60 Å². The van der Waals surface area contributed by atoms with Crippen molar-refractivity contribution in [3.8, 4) is 0 Å². The second kappa shape index (κ2) is 5.44. The van der Waals surface area contributed by atoms with Crippen LogP contribution in [0.4, 0.5) is 4.79 Å². The quantitative estimate of drug-likeness (QED) is 0.682. The molecule has 0 N–H and O–H groups in total. The van der Waals surface area contributed by atoms with Crippen molar-refractivity contribution in [2.24, 2.45) is 0 Å². The van der Waals surface area contributed by atoms with Crippen molar-refractivity contribution in [1.29, 1.82) is 0 Å².